The normalized spacial score (nSPS) is 11.6. The summed E-state index contributed by atoms with van der Waals surface area (Å²) in [6.07, 6.45) is 8.35. The molecule has 0 aromatic heterocycles. The van der Waals surface area contributed by atoms with Crippen LogP contribution in [0.3, 0.4) is 0 Å². The lowest BCUT2D eigenvalue weighted by molar-refractivity contribution is -0.903. The molecule has 0 aliphatic rings. The molecule has 2 aromatic carbocycles. The third-order valence-corrected chi connectivity index (χ3v) is 5.73. The zero-order chi connectivity index (χ0) is 21.8. The molecule has 0 saturated carbocycles. The first-order chi connectivity index (χ1) is 13.6. The monoisotopic (exact) mass is 419 g/mol. The van der Waals surface area contributed by atoms with E-state index < -0.39 is 10.1 Å². The van der Waals surface area contributed by atoms with E-state index in [1.807, 2.05) is 6.92 Å². The molecule has 4 nitrogen and oxygen atoms in total. The maximum atomic E-state index is 10.4. The lowest BCUT2D eigenvalue weighted by Gasteiger charge is -2.30. The average molecular weight is 420 g/mol. The molecule has 0 amide bonds. The van der Waals surface area contributed by atoms with Crippen molar-refractivity contribution in [2.24, 2.45) is 0 Å². The quantitative estimate of drug-likeness (QED) is 0.289. The molecule has 0 saturated heterocycles. The standard InChI is InChI=1S/C17H30N.C7H8O3S/c1-4-5-6-7-8-12-15-18(2,3)16-17-13-10-9-11-14-17;1-6-2-4-7(5-3-6)11(8,9)10/h9-11,13-14H,4-8,12,15-16H2,1-3H3;2-5H,1H3,(H,8,9,10)/q+1;/p-1. The van der Waals surface area contributed by atoms with Crippen molar-refractivity contribution < 1.29 is 17.5 Å². The fourth-order valence-electron chi connectivity index (χ4n) is 3.18. The van der Waals surface area contributed by atoms with E-state index in [-0.39, 0.29) is 4.90 Å². The summed E-state index contributed by atoms with van der Waals surface area (Å²) in [6, 6.07) is 16.6. The third kappa shape index (κ3) is 11.8. The molecule has 0 unspecified atom stereocenters. The second kappa shape index (κ2) is 12.8. The number of nitrogens with zero attached hydrogens (tertiary/aromatic N) is 1. The highest BCUT2D eigenvalue weighted by Crippen LogP contribution is 2.12. The SMILES string of the molecule is CCCCCCCC[N+](C)(C)Cc1ccccc1.Cc1ccc(S(=O)(=O)[O-])cc1. The molecule has 0 aliphatic carbocycles. The molecular weight excluding hydrogens is 382 g/mol. The van der Waals surface area contributed by atoms with Crippen LogP contribution in [0.4, 0.5) is 0 Å². The van der Waals surface area contributed by atoms with Crippen LogP contribution in [0.1, 0.15) is 56.6 Å². The van der Waals surface area contributed by atoms with E-state index in [9.17, 15) is 13.0 Å². The Morgan fingerprint density at radius 3 is 1.93 bits per heavy atom. The van der Waals surface area contributed by atoms with Crippen molar-refractivity contribution in [3.05, 3.63) is 65.7 Å². The van der Waals surface area contributed by atoms with Gasteiger partial charge in [0.25, 0.3) is 0 Å². The Labute approximate surface area is 177 Å². The maximum Gasteiger partial charge on any atom is 0.124 e. The first-order valence-corrected chi connectivity index (χ1v) is 11.9. The van der Waals surface area contributed by atoms with E-state index in [1.165, 1.54) is 62.8 Å². The van der Waals surface area contributed by atoms with Gasteiger partial charge in [-0.3, -0.25) is 0 Å². The van der Waals surface area contributed by atoms with Crippen molar-refractivity contribution in [3.63, 3.8) is 0 Å². The maximum absolute atomic E-state index is 10.4. The fraction of sp³-hybridized carbons (Fsp3) is 0.500. The van der Waals surface area contributed by atoms with E-state index in [2.05, 4.69) is 51.4 Å². The van der Waals surface area contributed by atoms with Gasteiger partial charge >= 0.3 is 0 Å². The van der Waals surface area contributed by atoms with Crippen LogP contribution in [0.5, 0.6) is 0 Å². The van der Waals surface area contributed by atoms with E-state index in [0.29, 0.717) is 0 Å². The summed E-state index contributed by atoms with van der Waals surface area (Å²) in [5.41, 5.74) is 2.38. The number of unbranched alkanes of at least 4 members (excludes halogenated alkanes) is 5. The van der Waals surface area contributed by atoms with Crippen LogP contribution in [0.15, 0.2) is 59.5 Å². The van der Waals surface area contributed by atoms with Gasteiger partial charge in [0.05, 0.1) is 25.5 Å². The molecule has 0 atom stereocenters. The molecule has 2 rings (SSSR count). The predicted octanol–water partition coefficient (Wildman–Crippen LogP) is 5.52. The summed E-state index contributed by atoms with van der Waals surface area (Å²) in [5.74, 6) is 0. The van der Waals surface area contributed by atoms with Gasteiger partial charge in [0.15, 0.2) is 0 Å². The highest BCUT2D eigenvalue weighted by molar-refractivity contribution is 7.85. The molecule has 162 valence electrons. The smallest absolute Gasteiger partial charge is 0.124 e. The van der Waals surface area contributed by atoms with Gasteiger partial charge in [-0.2, -0.15) is 0 Å². The van der Waals surface area contributed by atoms with Gasteiger partial charge in [-0.1, -0.05) is 80.6 Å². The van der Waals surface area contributed by atoms with Crippen molar-refractivity contribution in [2.45, 2.75) is 63.8 Å². The molecule has 2 aromatic rings. The highest BCUT2D eigenvalue weighted by Gasteiger charge is 2.14. The lowest BCUT2D eigenvalue weighted by atomic mass is 10.1. The van der Waals surface area contributed by atoms with Gasteiger partial charge < -0.3 is 9.04 Å². The second-order valence-corrected chi connectivity index (χ2v) is 9.72. The Kier molecular flexibility index (Phi) is 11.2. The van der Waals surface area contributed by atoms with Crippen LogP contribution in [0.2, 0.25) is 0 Å². The van der Waals surface area contributed by atoms with Gasteiger partial charge in [-0.25, -0.2) is 8.42 Å². The van der Waals surface area contributed by atoms with E-state index in [0.717, 1.165) is 16.6 Å². The zero-order valence-corrected chi connectivity index (χ0v) is 19.2. The zero-order valence-electron chi connectivity index (χ0n) is 18.4. The number of hydrogen-bond donors (Lipinski definition) is 0. The van der Waals surface area contributed by atoms with Gasteiger partial charge in [0.2, 0.25) is 0 Å². The van der Waals surface area contributed by atoms with Crippen LogP contribution < -0.4 is 0 Å². The molecule has 0 aliphatic heterocycles. The Balaban J connectivity index is 0.000000326. The summed E-state index contributed by atoms with van der Waals surface area (Å²) in [4.78, 5) is -0.178. The minimum atomic E-state index is -4.27. The summed E-state index contributed by atoms with van der Waals surface area (Å²) in [7, 11) is 0.423. The van der Waals surface area contributed by atoms with Gasteiger partial charge in [-0.15, -0.1) is 0 Å². The Morgan fingerprint density at radius 2 is 1.38 bits per heavy atom. The number of rotatable bonds is 10. The lowest BCUT2D eigenvalue weighted by Crippen LogP contribution is -2.39. The van der Waals surface area contributed by atoms with Crippen LogP contribution in [-0.2, 0) is 16.7 Å². The van der Waals surface area contributed by atoms with Crippen LogP contribution >= 0.6 is 0 Å². The van der Waals surface area contributed by atoms with Crippen molar-refractivity contribution in [1.29, 1.82) is 0 Å². The molecular formula is C24H37NO3S. The van der Waals surface area contributed by atoms with E-state index in [1.54, 1.807) is 12.1 Å². The summed E-state index contributed by atoms with van der Waals surface area (Å²) >= 11 is 0. The predicted molar refractivity (Wildman–Crippen MR) is 120 cm³/mol. The van der Waals surface area contributed by atoms with Crippen LogP contribution in [-0.4, -0.2) is 38.1 Å². The number of quaternary nitrogens is 1. The van der Waals surface area contributed by atoms with Crippen LogP contribution in [0.25, 0.3) is 0 Å². The van der Waals surface area contributed by atoms with E-state index in [4.69, 9.17) is 0 Å². The molecule has 5 heteroatoms. The number of benzene rings is 2. The molecule has 0 fully saturated rings. The van der Waals surface area contributed by atoms with Gasteiger partial charge in [0, 0.05) is 5.56 Å². The topological polar surface area (TPSA) is 57.2 Å². The molecule has 0 N–H and O–H groups in total. The minimum Gasteiger partial charge on any atom is -0.744 e. The molecule has 0 bridgehead atoms. The Bertz CT molecular complexity index is 785. The van der Waals surface area contributed by atoms with Crippen LogP contribution in [0, 0.1) is 6.92 Å². The Morgan fingerprint density at radius 1 is 0.828 bits per heavy atom. The summed E-state index contributed by atoms with van der Waals surface area (Å²) in [6.45, 7) is 6.54. The first kappa shape index (κ1) is 25.3. The highest BCUT2D eigenvalue weighted by atomic mass is 32.2. The summed E-state index contributed by atoms with van der Waals surface area (Å²) < 4.78 is 32.3. The number of aryl methyl sites for hydroxylation is 1. The molecule has 0 spiro atoms. The first-order valence-electron chi connectivity index (χ1n) is 10.5. The van der Waals surface area contributed by atoms with Crippen molar-refractivity contribution in [2.75, 3.05) is 20.6 Å². The number of hydrogen-bond acceptors (Lipinski definition) is 3. The minimum absolute atomic E-state index is 0.178. The van der Waals surface area contributed by atoms with Crippen molar-refractivity contribution in [1.82, 2.24) is 0 Å². The van der Waals surface area contributed by atoms with E-state index >= 15 is 0 Å². The fourth-order valence-corrected chi connectivity index (χ4v) is 3.65. The molecule has 0 heterocycles. The largest absolute Gasteiger partial charge is 0.744 e. The Hall–Kier alpha value is -1.69. The average Bonchev–Trinajstić information content (AvgIpc) is 2.65. The second-order valence-electron chi connectivity index (χ2n) is 8.34. The van der Waals surface area contributed by atoms with Crippen molar-refractivity contribution in [3.8, 4) is 0 Å². The third-order valence-electron chi connectivity index (χ3n) is 4.88. The summed E-state index contributed by atoms with van der Waals surface area (Å²) in [5, 5.41) is 0. The van der Waals surface area contributed by atoms with Crippen molar-refractivity contribution >= 4 is 10.1 Å². The molecule has 29 heavy (non-hydrogen) atoms. The van der Waals surface area contributed by atoms with Gasteiger partial charge in [-0.05, 0) is 31.9 Å². The molecule has 0 radical (unpaired) electrons. The van der Waals surface area contributed by atoms with Gasteiger partial charge in [0.1, 0.15) is 16.7 Å².